The van der Waals surface area contributed by atoms with Crippen molar-refractivity contribution in [1.29, 1.82) is 0 Å². The maximum Gasteiger partial charge on any atom is 0.224 e. The number of fused-ring (bicyclic) bond motifs is 3. The number of rotatable bonds is 1. The number of halogens is 1. The van der Waals surface area contributed by atoms with Crippen molar-refractivity contribution in [2.24, 2.45) is 0 Å². The van der Waals surface area contributed by atoms with Crippen LogP contribution >= 0.6 is 23.4 Å². The predicted molar refractivity (Wildman–Crippen MR) is 103 cm³/mol. The largest absolute Gasteiger partial charge is 0.292 e. The number of hydrogen-bond acceptors (Lipinski definition) is 4. The van der Waals surface area contributed by atoms with Crippen LogP contribution in [0.3, 0.4) is 0 Å². The zero-order chi connectivity index (χ0) is 16.8. The Balaban J connectivity index is 1.86. The molecule has 3 nitrogen and oxygen atoms in total. The Labute approximate surface area is 154 Å². The minimum Gasteiger partial charge on any atom is -0.292 e. The van der Waals surface area contributed by atoms with Gasteiger partial charge in [-0.05, 0) is 48.0 Å². The highest BCUT2D eigenvalue weighted by molar-refractivity contribution is 7.99. The number of nitrogens with zero attached hydrogens (tertiary/aromatic N) is 3. The molecule has 120 valence electrons. The van der Waals surface area contributed by atoms with E-state index in [0.717, 1.165) is 28.1 Å². The van der Waals surface area contributed by atoms with Gasteiger partial charge < -0.3 is 0 Å². The van der Waals surface area contributed by atoms with Crippen LogP contribution in [0, 0.1) is 0 Å². The Morgan fingerprint density at radius 1 is 0.720 bits per heavy atom. The van der Waals surface area contributed by atoms with Gasteiger partial charge in [-0.15, -0.1) is 0 Å². The van der Waals surface area contributed by atoms with Crippen molar-refractivity contribution >= 4 is 51.5 Å². The molecule has 0 atom stereocenters. The van der Waals surface area contributed by atoms with Gasteiger partial charge in [0, 0.05) is 15.2 Å². The van der Waals surface area contributed by atoms with Crippen LogP contribution in [0.15, 0.2) is 82.6 Å². The summed E-state index contributed by atoms with van der Waals surface area (Å²) >= 11 is 8.02. The van der Waals surface area contributed by atoms with Gasteiger partial charge in [-0.1, -0.05) is 48.2 Å². The molecule has 0 bridgehead atoms. The van der Waals surface area contributed by atoms with Crippen LogP contribution in [-0.2, 0) is 0 Å². The van der Waals surface area contributed by atoms with Gasteiger partial charge in [-0.3, -0.25) is 4.90 Å². The Kier molecular flexibility index (Phi) is 3.40. The zero-order valence-electron chi connectivity index (χ0n) is 13.1. The van der Waals surface area contributed by atoms with Crippen molar-refractivity contribution < 1.29 is 0 Å². The Hall–Kier alpha value is -2.56. The van der Waals surface area contributed by atoms with Gasteiger partial charge in [0.1, 0.15) is 0 Å². The van der Waals surface area contributed by atoms with Crippen LogP contribution in [0.25, 0.3) is 10.9 Å². The van der Waals surface area contributed by atoms with E-state index in [1.807, 2.05) is 36.4 Å². The van der Waals surface area contributed by atoms with E-state index in [9.17, 15) is 0 Å². The number of benzene rings is 3. The summed E-state index contributed by atoms with van der Waals surface area (Å²) in [6, 6.07) is 24.7. The molecule has 0 aliphatic carbocycles. The molecule has 1 aliphatic rings. The molecule has 0 N–H and O–H groups in total. The molecule has 1 aliphatic heterocycles. The monoisotopic (exact) mass is 361 g/mol. The molecular weight excluding hydrogens is 350 g/mol. The predicted octanol–water partition coefficient (Wildman–Crippen LogP) is 6.22. The van der Waals surface area contributed by atoms with Crippen molar-refractivity contribution in [3.05, 3.63) is 78.1 Å². The fourth-order valence-electron chi connectivity index (χ4n) is 3.14. The van der Waals surface area contributed by atoms with Crippen LogP contribution in [0.1, 0.15) is 0 Å². The first-order valence-electron chi connectivity index (χ1n) is 7.89. The average molecular weight is 362 g/mol. The maximum absolute atomic E-state index is 6.24. The fourth-order valence-corrected chi connectivity index (χ4v) is 4.36. The van der Waals surface area contributed by atoms with Gasteiger partial charge in [0.05, 0.1) is 16.9 Å². The first kappa shape index (κ1) is 14.8. The summed E-state index contributed by atoms with van der Waals surface area (Å²) in [6.07, 6.45) is 0. The summed E-state index contributed by atoms with van der Waals surface area (Å²) in [7, 11) is 0. The summed E-state index contributed by atoms with van der Waals surface area (Å²) in [5.74, 6) is 0.802. The highest BCUT2D eigenvalue weighted by Gasteiger charge is 2.26. The third-order valence-corrected chi connectivity index (χ3v) is 5.50. The van der Waals surface area contributed by atoms with Gasteiger partial charge in [-0.2, -0.15) is 4.98 Å². The molecule has 5 rings (SSSR count). The second kappa shape index (κ2) is 5.76. The van der Waals surface area contributed by atoms with Crippen molar-refractivity contribution in [2.45, 2.75) is 9.79 Å². The van der Waals surface area contributed by atoms with E-state index in [1.165, 1.54) is 9.79 Å². The lowest BCUT2D eigenvalue weighted by Gasteiger charge is -2.32. The van der Waals surface area contributed by atoms with E-state index < -0.39 is 0 Å². The molecule has 25 heavy (non-hydrogen) atoms. The highest BCUT2D eigenvalue weighted by Crippen LogP contribution is 2.51. The molecule has 0 amide bonds. The van der Waals surface area contributed by atoms with E-state index in [4.69, 9.17) is 11.6 Å². The normalized spacial score (nSPS) is 12.8. The lowest BCUT2D eigenvalue weighted by molar-refractivity contribution is 1.10. The van der Waals surface area contributed by atoms with Gasteiger partial charge in [-0.25, -0.2) is 4.98 Å². The molecule has 2 heterocycles. The summed E-state index contributed by atoms with van der Waals surface area (Å²) in [5.41, 5.74) is 3.04. The molecule has 3 aromatic carbocycles. The zero-order valence-corrected chi connectivity index (χ0v) is 14.6. The standard InChI is InChI=1S/C20H12ClN3S/c21-20-22-14-8-2-1-7-13(14)19(23-20)24-15-9-3-5-11-17(15)25-18-12-6-4-10-16(18)24/h1-12H. The highest BCUT2D eigenvalue weighted by atomic mass is 35.5. The van der Waals surface area contributed by atoms with Crippen LogP contribution < -0.4 is 4.90 Å². The topological polar surface area (TPSA) is 29.0 Å². The second-order valence-electron chi connectivity index (χ2n) is 5.71. The van der Waals surface area contributed by atoms with Gasteiger partial charge in [0.2, 0.25) is 5.28 Å². The van der Waals surface area contributed by atoms with E-state index in [2.05, 4.69) is 51.3 Å². The van der Waals surface area contributed by atoms with Crippen molar-refractivity contribution in [3.8, 4) is 0 Å². The minimum atomic E-state index is 0.252. The fraction of sp³-hybridized carbons (Fsp3) is 0. The van der Waals surface area contributed by atoms with Gasteiger partial charge >= 0.3 is 0 Å². The number of aromatic nitrogens is 2. The molecular formula is C20H12ClN3S. The Morgan fingerprint density at radius 3 is 2.04 bits per heavy atom. The number of hydrogen-bond donors (Lipinski definition) is 0. The van der Waals surface area contributed by atoms with E-state index >= 15 is 0 Å². The third kappa shape index (κ3) is 2.37. The summed E-state index contributed by atoms with van der Waals surface area (Å²) in [5, 5.41) is 1.23. The van der Waals surface area contributed by atoms with E-state index in [1.54, 1.807) is 11.8 Å². The van der Waals surface area contributed by atoms with Crippen molar-refractivity contribution in [2.75, 3.05) is 4.90 Å². The van der Waals surface area contributed by atoms with Gasteiger partial charge in [0.25, 0.3) is 0 Å². The summed E-state index contributed by atoms with van der Waals surface area (Å²) in [4.78, 5) is 13.5. The van der Waals surface area contributed by atoms with Gasteiger partial charge in [0.15, 0.2) is 5.82 Å². The smallest absolute Gasteiger partial charge is 0.224 e. The summed E-state index contributed by atoms with van der Waals surface area (Å²) < 4.78 is 0. The molecule has 5 heteroatoms. The summed E-state index contributed by atoms with van der Waals surface area (Å²) in [6.45, 7) is 0. The molecule has 0 saturated heterocycles. The van der Waals surface area contributed by atoms with E-state index in [0.29, 0.717) is 0 Å². The maximum atomic E-state index is 6.24. The van der Waals surface area contributed by atoms with Crippen molar-refractivity contribution in [1.82, 2.24) is 9.97 Å². The van der Waals surface area contributed by atoms with Crippen LogP contribution in [-0.4, -0.2) is 9.97 Å². The lowest BCUT2D eigenvalue weighted by atomic mass is 10.1. The van der Waals surface area contributed by atoms with Crippen LogP contribution in [0.2, 0.25) is 5.28 Å². The third-order valence-electron chi connectivity index (χ3n) is 4.20. The van der Waals surface area contributed by atoms with Crippen molar-refractivity contribution in [3.63, 3.8) is 0 Å². The quantitative estimate of drug-likeness (QED) is 0.331. The Morgan fingerprint density at radius 2 is 1.32 bits per heavy atom. The number of anilines is 3. The first-order chi connectivity index (χ1) is 12.3. The lowest BCUT2D eigenvalue weighted by Crippen LogP contribution is -2.16. The molecule has 0 spiro atoms. The molecule has 0 fully saturated rings. The molecule has 4 aromatic rings. The minimum absolute atomic E-state index is 0.252. The molecule has 0 unspecified atom stereocenters. The molecule has 0 saturated carbocycles. The van der Waals surface area contributed by atoms with Crippen LogP contribution in [0.4, 0.5) is 17.2 Å². The number of para-hydroxylation sites is 3. The van der Waals surface area contributed by atoms with E-state index in [-0.39, 0.29) is 5.28 Å². The molecule has 0 radical (unpaired) electrons. The average Bonchev–Trinajstić information content (AvgIpc) is 2.65. The molecule has 1 aromatic heterocycles. The Bertz CT molecular complexity index is 1070. The second-order valence-corrected chi connectivity index (χ2v) is 7.13. The first-order valence-corrected chi connectivity index (χ1v) is 9.09. The SMILES string of the molecule is Clc1nc(N2c3ccccc3Sc3ccccc32)c2ccccc2n1. The van der Waals surface area contributed by atoms with Crippen LogP contribution in [0.5, 0.6) is 0 Å².